The van der Waals surface area contributed by atoms with E-state index in [-0.39, 0.29) is 0 Å². The van der Waals surface area contributed by atoms with Crippen molar-refractivity contribution in [2.45, 2.75) is 20.0 Å². The van der Waals surface area contributed by atoms with E-state index in [4.69, 9.17) is 0 Å². The molecule has 0 radical (unpaired) electrons. The molecule has 0 unspecified atom stereocenters. The van der Waals surface area contributed by atoms with Gasteiger partial charge in [-0.05, 0) is 37.3 Å². The van der Waals surface area contributed by atoms with Crippen LogP contribution in [0.1, 0.15) is 9.75 Å². The van der Waals surface area contributed by atoms with Crippen LogP contribution >= 0.6 is 27.3 Å². The summed E-state index contributed by atoms with van der Waals surface area (Å²) in [5.74, 6) is 0. The van der Waals surface area contributed by atoms with Gasteiger partial charge in [0.05, 0.1) is 0 Å². The van der Waals surface area contributed by atoms with Gasteiger partial charge >= 0.3 is 0 Å². The van der Waals surface area contributed by atoms with E-state index in [0.29, 0.717) is 0 Å². The third kappa shape index (κ3) is 2.97. The Kier molecular flexibility index (Phi) is 4.24. The van der Waals surface area contributed by atoms with E-state index in [2.05, 4.69) is 75.3 Å². The molecule has 3 aromatic rings. The van der Waals surface area contributed by atoms with Crippen LogP contribution in [0.2, 0.25) is 0 Å². The van der Waals surface area contributed by atoms with E-state index in [9.17, 15) is 0 Å². The van der Waals surface area contributed by atoms with Crippen molar-refractivity contribution < 1.29 is 0 Å². The molecule has 0 aliphatic rings. The Morgan fingerprint density at radius 1 is 1.20 bits per heavy atom. The minimum absolute atomic E-state index is 0.960. The molecule has 0 spiro atoms. The van der Waals surface area contributed by atoms with Crippen LogP contribution in [-0.2, 0) is 13.1 Å². The van der Waals surface area contributed by atoms with Crippen molar-refractivity contribution in [1.82, 2.24) is 9.88 Å². The molecule has 0 atom stereocenters. The lowest BCUT2D eigenvalue weighted by Gasteiger charge is -2.07. The van der Waals surface area contributed by atoms with Crippen molar-refractivity contribution >= 4 is 38.2 Å². The molecule has 0 aliphatic carbocycles. The number of hydrogen-bond donors (Lipinski definition) is 1. The summed E-state index contributed by atoms with van der Waals surface area (Å²) in [5.41, 5.74) is 1.29. The topological polar surface area (TPSA) is 17.0 Å². The second kappa shape index (κ2) is 6.12. The maximum Gasteiger partial charge on any atom is 0.0492 e. The first-order valence-corrected chi connectivity index (χ1v) is 8.34. The van der Waals surface area contributed by atoms with E-state index < -0.39 is 0 Å². The molecule has 0 saturated heterocycles. The summed E-state index contributed by atoms with van der Waals surface area (Å²) in [6.45, 7) is 5.08. The van der Waals surface area contributed by atoms with Crippen LogP contribution in [0.5, 0.6) is 0 Å². The van der Waals surface area contributed by atoms with E-state index in [1.54, 1.807) is 0 Å². The van der Waals surface area contributed by atoms with Gasteiger partial charge in [0, 0.05) is 51.0 Å². The first kappa shape index (κ1) is 13.9. The average Bonchev–Trinajstić information content (AvgIpc) is 3.02. The SMILES string of the molecule is Cc1ccc(CNCCn2ccc3c(Br)cccc32)s1. The molecule has 0 aliphatic heterocycles. The second-order valence-corrected chi connectivity index (χ2v) is 7.10. The van der Waals surface area contributed by atoms with E-state index in [1.807, 2.05) is 11.3 Å². The number of thiophene rings is 1. The standard InChI is InChI=1S/C16H17BrN2S/c1-12-5-6-13(20-12)11-18-8-10-19-9-7-14-15(17)3-2-4-16(14)19/h2-7,9,18H,8,10-11H2,1H3. The first-order valence-electron chi connectivity index (χ1n) is 6.73. The molecule has 4 heteroatoms. The molecular formula is C16H17BrN2S. The maximum atomic E-state index is 3.60. The lowest BCUT2D eigenvalue weighted by atomic mass is 10.2. The third-order valence-electron chi connectivity index (χ3n) is 3.39. The van der Waals surface area contributed by atoms with Crippen LogP contribution < -0.4 is 5.32 Å². The van der Waals surface area contributed by atoms with Crippen molar-refractivity contribution in [3.8, 4) is 0 Å². The van der Waals surface area contributed by atoms with Crippen molar-refractivity contribution in [2.24, 2.45) is 0 Å². The number of benzene rings is 1. The molecule has 0 amide bonds. The Bertz CT molecular complexity index is 714. The van der Waals surface area contributed by atoms with E-state index in [0.717, 1.165) is 24.1 Å². The molecule has 0 bridgehead atoms. The fraction of sp³-hybridized carbons (Fsp3) is 0.250. The molecule has 1 aromatic carbocycles. The Labute approximate surface area is 131 Å². The average molecular weight is 349 g/mol. The van der Waals surface area contributed by atoms with Crippen LogP contribution in [0.3, 0.4) is 0 Å². The van der Waals surface area contributed by atoms with Crippen LogP contribution in [0.4, 0.5) is 0 Å². The summed E-state index contributed by atoms with van der Waals surface area (Å²) >= 11 is 5.46. The van der Waals surface area contributed by atoms with E-state index >= 15 is 0 Å². The summed E-state index contributed by atoms with van der Waals surface area (Å²) in [6.07, 6.45) is 2.16. The van der Waals surface area contributed by atoms with Gasteiger partial charge in [-0.3, -0.25) is 0 Å². The summed E-state index contributed by atoms with van der Waals surface area (Å²) in [5, 5.41) is 4.79. The molecule has 3 rings (SSSR count). The molecule has 104 valence electrons. The number of aromatic nitrogens is 1. The lowest BCUT2D eigenvalue weighted by Crippen LogP contribution is -2.18. The van der Waals surface area contributed by atoms with Crippen LogP contribution in [0, 0.1) is 6.92 Å². The quantitative estimate of drug-likeness (QED) is 0.668. The monoisotopic (exact) mass is 348 g/mol. The van der Waals surface area contributed by atoms with Gasteiger partial charge in [0.15, 0.2) is 0 Å². The minimum atomic E-state index is 0.960. The summed E-state index contributed by atoms with van der Waals surface area (Å²) in [4.78, 5) is 2.78. The van der Waals surface area contributed by atoms with Crippen molar-refractivity contribution in [3.63, 3.8) is 0 Å². The number of halogens is 1. The minimum Gasteiger partial charge on any atom is -0.346 e. The molecule has 1 N–H and O–H groups in total. The predicted molar refractivity (Wildman–Crippen MR) is 90.4 cm³/mol. The number of nitrogens with one attached hydrogen (secondary N) is 1. The number of rotatable bonds is 5. The van der Waals surface area contributed by atoms with Crippen molar-refractivity contribution in [2.75, 3.05) is 6.54 Å². The normalized spacial score (nSPS) is 11.3. The fourth-order valence-electron chi connectivity index (χ4n) is 2.37. The highest BCUT2D eigenvalue weighted by Crippen LogP contribution is 2.24. The zero-order chi connectivity index (χ0) is 13.9. The molecule has 0 saturated carbocycles. The lowest BCUT2D eigenvalue weighted by molar-refractivity contribution is 0.613. The van der Waals surface area contributed by atoms with Crippen molar-refractivity contribution in [1.29, 1.82) is 0 Å². The predicted octanol–water partition coefficient (Wildman–Crippen LogP) is 4.56. The zero-order valence-corrected chi connectivity index (χ0v) is 13.8. The highest BCUT2D eigenvalue weighted by atomic mass is 79.9. The van der Waals surface area contributed by atoms with E-state index in [1.165, 1.54) is 20.7 Å². The van der Waals surface area contributed by atoms with Gasteiger partial charge in [-0.2, -0.15) is 0 Å². The molecule has 20 heavy (non-hydrogen) atoms. The largest absolute Gasteiger partial charge is 0.346 e. The highest BCUT2D eigenvalue weighted by Gasteiger charge is 2.03. The number of aryl methyl sites for hydroxylation is 1. The van der Waals surface area contributed by atoms with Crippen LogP contribution in [0.25, 0.3) is 10.9 Å². The summed E-state index contributed by atoms with van der Waals surface area (Å²) < 4.78 is 3.46. The van der Waals surface area contributed by atoms with Gasteiger partial charge in [-0.15, -0.1) is 11.3 Å². The summed E-state index contributed by atoms with van der Waals surface area (Å²) in [6, 6.07) is 12.9. The fourth-order valence-corrected chi connectivity index (χ4v) is 3.72. The first-order chi connectivity index (χ1) is 9.74. The van der Waals surface area contributed by atoms with Gasteiger partial charge in [0.2, 0.25) is 0 Å². The van der Waals surface area contributed by atoms with Gasteiger partial charge in [0.1, 0.15) is 0 Å². The summed E-state index contributed by atoms with van der Waals surface area (Å²) in [7, 11) is 0. The van der Waals surface area contributed by atoms with Crippen molar-refractivity contribution in [3.05, 3.63) is 56.8 Å². The zero-order valence-electron chi connectivity index (χ0n) is 11.4. The second-order valence-electron chi connectivity index (χ2n) is 4.87. The smallest absolute Gasteiger partial charge is 0.0492 e. The molecule has 2 heterocycles. The number of nitrogens with zero attached hydrogens (tertiary/aromatic N) is 1. The third-order valence-corrected chi connectivity index (χ3v) is 5.08. The number of hydrogen-bond acceptors (Lipinski definition) is 2. The van der Waals surface area contributed by atoms with Gasteiger partial charge in [-0.25, -0.2) is 0 Å². The number of fused-ring (bicyclic) bond motifs is 1. The van der Waals surface area contributed by atoms with Gasteiger partial charge in [-0.1, -0.05) is 22.0 Å². The molecule has 2 aromatic heterocycles. The Hall–Kier alpha value is -1.10. The Morgan fingerprint density at radius 2 is 2.10 bits per heavy atom. The van der Waals surface area contributed by atoms with Gasteiger partial charge < -0.3 is 9.88 Å². The Morgan fingerprint density at radius 3 is 2.90 bits per heavy atom. The van der Waals surface area contributed by atoms with Crippen LogP contribution in [-0.4, -0.2) is 11.1 Å². The highest BCUT2D eigenvalue weighted by molar-refractivity contribution is 9.10. The Balaban J connectivity index is 1.59. The molecule has 2 nitrogen and oxygen atoms in total. The molecular weight excluding hydrogens is 332 g/mol. The van der Waals surface area contributed by atoms with Gasteiger partial charge in [0.25, 0.3) is 0 Å². The maximum absolute atomic E-state index is 3.60. The molecule has 0 fully saturated rings. The van der Waals surface area contributed by atoms with Crippen LogP contribution in [0.15, 0.2) is 47.1 Å².